The van der Waals surface area contributed by atoms with E-state index in [0.717, 1.165) is 12.1 Å². The van der Waals surface area contributed by atoms with Crippen LogP contribution in [0.1, 0.15) is 33.6 Å². The lowest BCUT2D eigenvalue weighted by Gasteiger charge is -2.08. The third-order valence-electron chi connectivity index (χ3n) is 3.54. The minimum absolute atomic E-state index is 0.0657. The van der Waals surface area contributed by atoms with E-state index in [-0.39, 0.29) is 18.2 Å². The minimum Gasteiger partial charge on any atom is -0.497 e. The molecule has 1 atom stereocenters. The van der Waals surface area contributed by atoms with E-state index < -0.39 is 5.25 Å². The molecule has 0 bridgehead atoms. The molecule has 0 aromatic heterocycles. The predicted octanol–water partition coefficient (Wildman–Crippen LogP) is 3.03. The molecule has 1 aliphatic heterocycles. The highest BCUT2D eigenvalue weighted by atomic mass is 32.2. The van der Waals surface area contributed by atoms with Gasteiger partial charge in [-0.2, -0.15) is 5.10 Å². The third-order valence-corrected chi connectivity index (χ3v) is 4.61. The largest absolute Gasteiger partial charge is 0.497 e. The van der Waals surface area contributed by atoms with Gasteiger partial charge in [-0.15, -0.1) is 5.10 Å². The Hall–Kier alpha value is -2.35. The molecule has 7 nitrogen and oxygen atoms in total. The summed E-state index contributed by atoms with van der Waals surface area (Å²) in [5, 5.41) is 13.6. The van der Waals surface area contributed by atoms with Crippen molar-refractivity contribution < 1.29 is 14.3 Å². The Morgan fingerprint density at radius 1 is 1.35 bits per heavy atom. The van der Waals surface area contributed by atoms with Crippen molar-refractivity contribution in [3.63, 3.8) is 0 Å². The van der Waals surface area contributed by atoms with E-state index in [1.165, 1.54) is 11.8 Å². The summed E-state index contributed by atoms with van der Waals surface area (Å²) in [5.74, 6) is 0.751. The monoisotopic (exact) mass is 376 g/mol. The first-order valence-electron chi connectivity index (χ1n) is 8.40. The summed E-state index contributed by atoms with van der Waals surface area (Å²) >= 11 is 1.23. The van der Waals surface area contributed by atoms with E-state index in [9.17, 15) is 9.59 Å². The lowest BCUT2D eigenvalue weighted by atomic mass is 10.1. The normalized spacial score (nSPS) is 19.0. The van der Waals surface area contributed by atoms with Gasteiger partial charge in [0.25, 0.3) is 0 Å². The molecule has 1 fully saturated rings. The second kappa shape index (κ2) is 9.38. The SMILES string of the molecule is COc1ccc(NC(=O)C[C@@H]2SC(=NN=C(C)CC(C)C)NC2=O)cc1. The first kappa shape index (κ1) is 20.0. The number of benzene rings is 1. The molecule has 0 aliphatic carbocycles. The van der Waals surface area contributed by atoms with Gasteiger partial charge in [0, 0.05) is 17.8 Å². The summed E-state index contributed by atoms with van der Waals surface area (Å²) in [4.78, 5) is 24.2. The Labute approximate surface area is 157 Å². The van der Waals surface area contributed by atoms with Gasteiger partial charge in [0.05, 0.1) is 7.11 Å². The standard InChI is InChI=1S/C18H24N4O3S/c1-11(2)9-12(3)21-22-18-20-17(24)15(26-18)10-16(23)19-13-5-7-14(25-4)8-6-13/h5-8,11,15H,9-10H2,1-4H3,(H,19,23)(H,20,22,24)/t15-/m0/s1. The van der Waals surface area contributed by atoms with Crippen molar-refractivity contribution in [1.82, 2.24) is 5.32 Å². The molecule has 2 N–H and O–H groups in total. The summed E-state index contributed by atoms with van der Waals surface area (Å²) in [5.41, 5.74) is 1.56. The first-order chi connectivity index (χ1) is 12.4. The highest BCUT2D eigenvalue weighted by molar-refractivity contribution is 8.15. The highest BCUT2D eigenvalue weighted by Crippen LogP contribution is 2.23. The number of nitrogens with one attached hydrogen (secondary N) is 2. The molecule has 1 heterocycles. The summed E-state index contributed by atoms with van der Waals surface area (Å²) in [6.07, 6.45) is 0.916. The highest BCUT2D eigenvalue weighted by Gasteiger charge is 2.32. The molecule has 1 aromatic carbocycles. The first-order valence-corrected chi connectivity index (χ1v) is 9.28. The molecule has 0 saturated carbocycles. The van der Waals surface area contributed by atoms with Gasteiger partial charge in [-0.1, -0.05) is 25.6 Å². The number of nitrogens with zero attached hydrogens (tertiary/aromatic N) is 2. The number of hydrogen-bond acceptors (Lipinski definition) is 6. The molecular formula is C18H24N4O3S. The molecule has 1 saturated heterocycles. The summed E-state index contributed by atoms with van der Waals surface area (Å²) < 4.78 is 5.08. The van der Waals surface area contributed by atoms with Gasteiger partial charge in [0.1, 0.15) is 11.0 Å². The van der Waals surface area contributed by atoms with Crippen LogP contribution in [0, 0.1) is 5.92 Å². The average Bonchev–Trinajstić information content (AvgIpc) is 2.93. The zero-order valence-corrected chi connectivity index (χ0v) is 16.2. The van der Waals surface area contributed by atoms with Crippen molar-refractivity contribution in [2.45, 2.75) is 38.9 Å². The van der Waals surface area contributed by atoms with Crippen molar-refractivity contribution in [3.8, 4) is 5.75 Å². The predicted molar refractivity (Wildman–Crippen MR) is 106 cm³/mol. The van der Waals surface area contributed by atoms with Gasteiger partial charge in [0.15, 0.2) is 5.17 Å². The third kappa shape index (κ3) is 6.18. The number of amides is 2. The van der Waals surface area contributed by atoms with Crippen molar-refractivity contribution in [3.05, 3.63) is 24.3 Å². The zero-order valence-electron chi connectivity index (χ0n) is 15.4. The quantitative estimate of drug-likeness (QED) is 0.565. The number of carbonyl (C=O) groups excluding carboxylic acids is 2. The van der Waals surface area contributed by atoms with E-state index in [0.29, 0.717) is 22.5 Å². The fourth-order valence-corrected chi connectivity index (χ4v) is 3.32. The molecule has 0 spiro atoms. The van der Waals surface area contributed by atoms with Gasteiger partial charge >= 0.3 is 0 Å². The van der Waals surface area contributed by atoms with Crippen LogP contribution in [-0.4, -0.2) is 35.1 Å². The molecule has 26 heavy (non-hydrogen) atoms. The number of rotatable bonds is 7. The van der Waals surface area contributed by atoms with Crippen molar-refractivity contribution in [1.29, 1.82) is 0 Å². The molecule has 8 heteroatoms. The van der Waals surface area contributed by atoms with Crippen LogP contribution in [0.25, 0.3) is 0 Å². The number of amidine groups is 1. The van der Waals surface area contributed by atoms with Gasteiger partial charge in [-0.25, -0.2) is 0 Å². The van der Waals surface area contributed by atoms with Crippen molar-refractivity contribution in [2.24, 2.45) is 16.1 Å². The lowest BCUT2D eigenvalue weighted by Crippen LogP contribution is -2.28. The van der Waals surface area contributed by atoms with Crippen LogP contribution >= 0.6 is 11.8 Å². The minimum atomic E-state index is -0.507. The van der Waals surface area contributed by atoms with Gasteiger partial charge in [-0.3, -0.25) is 9.59 Å². The summed E-state index contributed by atoms with van der Waals surface area (Å²) in [6, 6.07) is 7.01. The van der Waals surface area contributed by atoms with Crippen LogP contribution in [-0.2, 0) is 9.59 Å². The van der Waals surface area contributed by atoms with Crippen LogP contribution in [0.4, 0.5) is 5.69 Å². The fraction of sp³-hybridized carbons (Fsp3) is 0.444. The average molecular weight is 376 g/mol. The summed E-state index contributed by atoms with van der Waals surface area (Å²) in [6.45, 7) is 6.12. The van der Waals surface area contributed by atoms with E-state index >= 15 is 0 Å². The smallest absolute Gasteiger partial charge is 0.240 e. The Kier molecular flexibility index (Phi) is 7.20. The van der Waals surface area contributed by atoms with Crippen LogP contribution in [0.15, 0.2) is 34.5 Å². The molecule has 1 aromatic rings. The van der Waals surface area contributed by atoms with E-state index in [1.807, 2.05) is 6.92 Å². The van der Waals surface area contributed by atoms with E-state index in [4.69, 9.17) is 4.74 Å². The van der Waals surface area contributed by atoms with Crippen LogP contribution in [0.2, 0.25) is 0 Å². The number of methoxy groups -OCH3 is 1. The van der Waals surface area contributed by atoms with Gasteiger partial charge < -0.3 is 15.4 Å². The Bertz CT molecular complexity index is 714. The van der Waals surface area contributed by atoms with E-state index in [2.05, 4.69) is 34.7 Å². The second-order valence-electron chi connectivity index (χ2n) is 6.41. The molecule has 1 aliphatic rings. The fourth-order valence-electron chi connectivity index (χ4n) is 2.40. The topological polar surface area (TPSA) is 92.2 Å². The number of ether oxygens (including phenoxy) is 1. The molecule has 2 amide bonds. The molecule has 0 radical (unpaired) electrons. The van der Waals surface area contributed by atoms with Crippen LogP contribution in [0.5, 0.6) is 5.75 Å². The zero-order chi connectivity index (χ0) is 19.1. The molecular weight excluding hydrogens is 352 g/mol. The maximum absolute atomic E-state index is 12.2. The second-order valence-corrected chi connectivity index (χ2v) is 7.61. The number of hydrogen-bond donors (Lipinski definition) is 2. The number of carbonyl (C=O) groups is 2. The summed E-state index contributed by atoms with van der Waals surface area (Å²) in [7, 11) is 1.58. The van der Waals surface area contributed by atoms with E-state index in [1.54, 1.807) is 31.4 Å². The van der Waals surface area contributed by atoms with Crippen molar-refractivity contribution in [2.75, 3.05) is 12.4 Å². The van der Waals surface area contributed by atoms with Crippen molar-refractivity contribution >= 4 is 40.1 Å². The molecule has 140 valence electrons. The maximum atomic E-state index is 12.2. The maximum Gasteiger partial charge on any atom is 0.240 e. The number of thioether (sulfide) groups is 1. The molecule has 0 unspecified atom stereocenters. The Morgan fingerprint density at radius 3 is 2.65 bits per heavy atom. The Balaban J connectivity index is 1.89. The Morgan fingerprint density at radius 2 is 2.04 bits per heavy atom. The van der Waals surface area contributed by atoms with Gasteiger partial charge in [-0.05, 0) is 43.5 Å². The molecule has 2 rings (SSSR count). The van der Waals surface area contributed by atoms with Gasteiger partial charge in [0.2, 0.25) is 11.8 Å². The van der Waals surface area contributed by atoms with Crippen LogP contribution < -0.4 is 15.4 Å². The number of anilines is 1. The van der Waals surface area contributed by atoms with Crippen LogP contribution in [0.3, 0.4) is 0 Å². The lowest BCUT2D eigenvalue weighted by molar-refractivity contribution is -0.122.